The van der Waals surface area contributed by atoms with E-state index in [1.807, 2.05) is 32.0 Å². The number of aryl methyl sites for hydroxylation is 1. The van der Waals surface area contributed by atoms with Crippen LogP contribution in [0.2, 0.25) is 0 Å². The van der Waals surface area contributed by atoms with Crippen LogP contribution in [0, 0.1) is 17.2 Å². The van der Waals surface area contributed by atoms with Crippen LogP contribution in [0.3, 0.4) is 0 Å². The van der Waals surface area contributed by atoms with Crippen LogP contribution in [0.25, 0.3) is 0 Å². The van der Waals surface area contributed by atoms with Gasteiger partial charge >= 0.3 is 0 Å². The van der Waals surface area contributed by atoms with Gasteiger partial charge in [0.05, 0.1) is 11.6 Å². The predicted octanol–water partition coefficient (Wildman–Crippen LogP) is 6.13. The van der Waals surface area contributed by atoms with Gasteiger partial charge in [0.15, 0.2) is 0 Å². The highest BCUT2D eigenvalue weighted by atomic mass is 15.2. The van der Waals surface area contributed by atoms with Gasteiger partial charge in [-0.1, -0.05) is 77.1 Å². The molecule has 1 atom stereocenters. The minimum absolute atomic E-state index is 0.437. The fourth-order valence-electron chi connectivity index (χ4n) is 3.79. The molecule has 0 amide bonds. The summed E-state index contributed by atoms with van der Waals surface area (Å²) in [6.45, 7) is 13.5. The van der Waals surface area contributed by atoms with Crippen molar-refractivity contribution >= 4 is 0 Å². The van der Waals surface area contributed by atoms with Crippen molar-refractivity contribution in [3.8, 4) is 6.07 Å². The largest absolute Gasteiger partial charge is 0.308 e. The number of nitrogens with zero attached hydrogens (tertiary/aromatic N) is 3. The van der Waals surface area contributed by atoms with Crippen LogP contribution in [-0.2, 0) is 19.5 Å². The molecule has 164 valence electrons. The quantitative estimate of drug-likeness (QED) is 0.475. The molecule has 0 N–H and O–H groups in total. The molecule has 2 aromatic rings. The van der Waals surface area contributed by atoms with Gasteiger partial charge in [-0.25, -0.2) is 0 Å². The second-order valence-electron chi connectivity index (χ2n) is 8.39. The molecule has 2 rings (SSSR count). The van der Waals surface area contributed by atoms with Gasteiger partial charge in [-0.05, 0) is 55.6 Å². The van der Waals surface area contributed by atoms with Crippen LogP contribution >= 0.6 is 0 Å². The number of rotatable bonds is 10. The SMILES string of the molecule is CC.CCc1cccc(CN(Cc2ccccc2C#N)[C@@H](CC(C)C)CN(C)C)c1. The van der Waals surface area contributed by atoms with E-state index in [1.165, 1.54) is 11.1 Å². The highest BCUT2D eigenvalue weighted by Crippen LogP contribution is 2.21. The highest BCUT2D eigenvalue weighted by Gasteiger charge is 2.22. The van der Waals surface area contributed by atoms with Crippen LogP contribution in [-0.4, -0.2) is 36.5 Å². The lowest BCUT2D eigenvalue weighted by atomic mass is 9.99. The van der Waals surface area contributed by atoms with Crippen molar-refractivity contribution in [3.63, 3.8) is 0 Å². The van der Waals surface area contributed by atoms with Gasteiger partial charge in [0.1, 0.15) is 0 Å². The summed E-state index contributed by atoms with van der Waals surface area (Å²) in [5.74, 6) is 0.626. The molecular formula is C27H41N3. The standard InChI is InChI=1S/C25H35N3.C2H6/c1-6-21-10-9-11-22(15-21)17-28(25(14-20(2)3)19-27(4)5)18-24-13-8-7-12-23(24)16-26;1-2/h7-13,15,20,25H,6,14,17-19H2,1-5H3;1-2H3/t25-;/m0./s1. The van der Waals surface area contributed by atoms with E-state index >= 15 is 0 Å². The molecule has 2 aromatic carbocycles. The second kappa shape index (κ2) is 14.0. The third-order valence-electron chi connectivity index (χ3n) is 5.13. The molecule has 3 nitrogen and oxygen atoms in total. The first kappa shape index (κ1) is 25.9. The van der Waals surface area contributed by atoms with Gasteiger partial charge in [0.2, 0.25) is 0 Å². The molecule has 3 heteroatoms. The Hall–Kier alpha value is -2.15. The summed E-state index contributed by atoms with van der Waals surface area (Å²) >= 11 is 0. The molecule has 0 unspecified atom stereocenters. The van der Waals surface area contributed by atoms with Crippen LogP contribution < -0.4 is 0 Å². The van der Waals surface area contributed by atoms with E-state index in [2.05, 4.69) is 81.1 Å². The van der Waals surface area contributed by atoms with Crippen LogP contribution in [0.15, 0.2) is 48.5 Å². The first-order valence-corrected chi connectivity index (χ1v) is 11.4. The number of nitriles is 1. The summed E-state index contributed by atoms with van der Waals surface area (Å²) in [6, 6.07) is 19.7. The van der Waals surface area contributed by atoms with Gasteiger partial charge in [-0.2, -0.15) is 5.26 Å². The summed E-state index contributed by atoms with van der Waals surface area (Å²) < 4.78 is 0. The molecule has 0 saturated heterocycles. The summed E-state index contributed by atoms with van der Waals surface area (Å²) in [5.41, 5.74) is 4.62. The molecule has 0 aromatic heterocycles. The zero-order chi connectivity index (χ0) is 22.5. The maximum Gasteiger partial charge on any atom is 0.0995 e. The molecule has 0 bridgehead atoms. The molecule has 0 saturated carbocycles. The number of hydrogen-bond acceptors (Lipinski definition) is 3. The molecule has 0 fully saturated rings. The molecule has 0 radical (unpaired) electrons. The Balaban J connectivity index is 0.00000218. The van der Waals surface area contributed by atoms with Crippen molar-refractivity contribution in [2.75, 3.05) is 20.6 Å². The van der Waals surface area contributed by atoms with Crippen molar-refractivity contribution in [1.29, 1.82) is 5.26 Å². The molecule has 30 heavy (non-hydrogen) atoms. The zero-order valence-corrected chi connectivity index (χ0v) is 20.2. The number of hydrogen-bond donors (Lipinski definition) is 0. The average Bonchev–Trinajstić information content (AvgIpc) is 2.74. The lowest BCUT2D eigenvalue weighted by Crippen LogP contribution is -2.42. The molecule has 0 aliphatic heterocycles. The Morgan fingerprint density at radius 2 is 1.60 bits per heavy atom. The minimum Gasteiger partial charge on any atom is -0.308 e. The molecule has 0 aliphatic carbocycles. The Labute approximate surface area is 185 Å². The van der Waals surface area contributed by atoms with Crippen molar-refractivity contribution < 1.29 is 0 Å². The molecule has 0 spiro atoms. The Bertz CT molecular complexity index is 764. The van der Waals surface area contributed by atoms with Gasteiger partial charge in [-0.3, -0.25) is 4.90 Å². The van der Waals surface area contributed by atoms with E-state index in [4.69, 9.17) is 0 Å². The van der Waals surface area contributed by atoms with E-state index in [9.17, 15) is 5.26 Å². The number of benzene rings is 2. The van der Waals surface area contributed by atoms with E-state index in [0.717, 1.165) is 43.6 Å². The summed E-state index contributed by atoms with van der Waals surface area (Å²) in [6.07, 6.45) is 2.19. The second-order valence-corrected chi connectivity index (χ2v) is 8.39. The summed E-state index contributed by atoms with van der Waals surface area (Å²) in [5, 5.41) is 9.54. The third kappa shape index (κ3) is 8.69. The highest BCUT2D eigenvalue weighted by molar-refractivity contribution is 5.37. The van der Waals surface area contributed by atoms with Crippen LogP contribution in [0.4, 0.5) is 0 Å². The van der Waals surface area contributed by atoms with E-state index in [1.54, 1.807) is 0 Å². The third-order valence-corrected chi connectivity index (χ3v) is 5.13. The van der Waals surface area contributed by atoms with Gasteiger partial charge in [-0.15, -0.1) is 0 Å². The molecule has 0 aliphatic rings. The predicted molar refractivity (Wildman–Crippen MR) is 129 cm³/mol. The normalized spacial score (nSPS) is 11.9. The fraction of sp³-hybridized carbons (Fsp3) is 0.519. The maximum absolute atomic E-state index is 9.54. The van der Waals surface area contributed by atoms with Gasteiger partial charge < -0.3 is 4.90 Å². The van der Waals surface area contributed by atoms with E-state index in [0.29, 0.717) is 12.0 Å². The minimum atomic E-state index is 0.437. The average molecular weight is 408 g/mol. The van der Waals surface area contributed by atoms with E-state index in [-0.39, 0.29) is 0 Å². The van der Waals surface area contributed by atoms with Crippen LogP contribution in [0.5, 0.6) is 0 Å². The fourth-order valence-corrected chi connectivity index (χ4v) is 3.79. The lowest BCUT2D eigenvalue weighted by Gasteiger charge is -2.35. The van der Waals surface area contributed by atoms with Crippen molar-refractivity contribution in [3.05, 3.63) is 70.8 Å². The van der Waals surface area contributed by atoms with Gasteiger partial charge in [0.25, 0.3) is 0 Å². The smallest absolute Gasteiger partial charge is 0.0995 e. The Morgan fingerprint density at radius 3 is 2.20 bits per heavy atom. The topological polar surface area (TPSA) is 30.3 Å². The Morgan fingerprint density at radius 1 is 0.933 bits per heavy atom. The first-order valence-electron chi connectivity index (χ1n) is 11.4. The number of likely N-dealkylation sites (N-methyl/N-ethyl adjacent to an activating group) is 1. The zero-order valence-electron chi connectivity index (χ0n) is 20.2. The summed E-state index contributed by atoms with van der Waals surface area (Å²) in [7, 11) is 4.29. The van der Waals surface area contributed by atoms with Crippen molar-refractivity contribution in [1.82, 2.24) is 9.80 Å². The van der Waals surface area contributed by atoms with Crippen molar-refractivity contribution in [2.24, 2.45) is 5.92 Å². The lowest BCUT2D eigenvalue weighted by molar-refractivity contribution is 0.127. The van der Waals surface area contributed by atoms with Crippen molar-refractivity contribution in [2.45, 2.75) is 66.6 Å². The van der Waals surface area contributed by atoms with E-state index < -0.39 is 0 Å². The molecular weight excluding hydrogens is 366 g/mol. The monoisotopic (exact) mass is 407 g/mol. The first-order chi connectivity index (χ1) is 14.4. The van der Waals surface area contributed by atoms with Gasteiger partial charge in [0, 0.05) is 25.7 Å². The molecule has 0 heterocycles. The summed E-state index contributed by atoms with van der Waals surface area (Å²) in [4.78, 5) is 4.84. The maximum atomic E-state index is 9.54. The Kier molecular flexibility index (Phi) is 12.0. The van der Waals surface area contributed by atoms with Crippen LogP contribution in [0.1, 0.15) is 63.3 Å².